The van der Waals surface area contributed by atoms with Gasteiger partial charge in [0.1, 0.15) is 12.7 Å². The molecule has 0 aliphatic carbocycles. The summed E-state index contributed by atoms with van der Waals surface area (Å²) >= 11 is 0. The zero-order valence-corrected chi connectivity index (χ0v) is 42.9. The average Bonchev–Trinajstić information content (AvgIpc) is 3.32. The maximum atomic E-state index is 12.8. The molecular formula is C56H89O11P. The highest BCUT2D eigenvalue weighted by Crippen LogP contribution is 2.43. The molecule has 0 saturated heterocycles. The molecule has 0 aromatic heterocycles. The number of unbranched alkanes of at least 4 members (excludes halogenated alkanes) is 8. The maximum Gasteiger partial charge on any atom is 0.472 e. The van der Waals surface area contributed by atoms with Crippen LogP contribution in [0.4, 0.5) is 0 Å². The first-order valence-electron chi connectivity index (χ1n) is 25.4. The van der Waals surface area contributed by atoms with E-state index in [1.807, 2.05) is 0 Å². The molecule has 0 amide bonds. The van der Waals surface area contributed by atoms with E-state index in [1.54, 1.807) is 0 Å². The largest absolute Gasteiger partial charge is 0.472 e. The number of esters is 3. The van der Waals surface area contributed by atoms with Gasteiger partial charge in [-0.05, 0) is 122 Å². The van der Waals surface area contributed by atoms with E-state index in [4.69, 9.17) is 23.3 Å². The summed E-state index contributed by atoms with van der Waals surface area (Å²) in [4.78, 5) is 48.3. The number of allylic oxidation sites excluding steroid dienone is 20. The number of hydrogen-bond acceptors (Lipinski definition) is 10. The number of aliphatic hydroxyl groups excluding tert-OH is 1. The van der Waals surface area contributed by atoms with Crippen molar-refractivity contribution in [3.8, 4) is 0 Å². The third-order valence-corrected chi connectivity index (χ3v) is 10.8. The van der Waals surface area contributed by atoms with Gasteiger partial charge in [0, 0.05) is 19.3 Å². The van der Waals surface area contributed by atoms with E-state index in [-0.39, 0.29) is 25.9 Å². The van der Waals surface area contributed by atoms with Crippen LogP contribution in [0.1, 0.15) is 175 Å². The van der Waals surface area contributed by atoms with Crippen LogP contribution in [-0.4, -0.2) is 66.5 Å². The van der Waals surface area contributed by atoms with Crippen molar-refractivity contribution in [2.75, 3.05) is 26.4 Å². The predicted molar refractivity (Wildman–Crippen MR) is 279 cm³/mol. The second kappa shape index (κ2) is 49.3. The Hall–Kier alpha value is -4.12. The first kappa shape index (κ1) is 63.9. The molecule has 11 nitrogen and oxygen atoms in total. The Morgan fingerprint density at radius 2 is 0.721 bits per heavy atom. The Kier molecular flexibility index (Phi) is 46.3. The number of hydrogen-bond donors (Lipinski definition) is 2. The number of aliphatic hydroxyl groups is 1. The van der Waals surface area contributed by atoms with Gasteiger partial charge in [-0.1, -0.05) is 155 Å². The summed E-state index contributed by atoms with van der Waals surface area (Å²) in [6.07, 6.45) is 59.0. The van der Waals surface area contributed by atoms with Gasteiger partial charge in [0.2, 0.25) is 0 Å². The van der Waals surface area contributed by atoms with Crippen LogP contribution in [0, 0.1) is 0 Å². The van der Waals surface area contributed by atoms with Crippen LogP contribution in [0.5, 0.6) is 0 Å². The quantitative estimate of drug-likeness (QED) is 0.0197. The van der Waals surface area contributed by atoms with E-state index in [0.717, 1.165) is 116 Å². The monoisotopic (exact) mass is 969 g/mol. The lowest BCUT2D eigenvalue weighted by Crippen LogP contribution is -2.30. The third kappa shape index (κ3) is 47.0. The molecular weight excluding hydrogens is 880 g/mol. The molecule has 0 spiro atoms. The molecule has 0 heterocycles. The summed E-state index contributed by atoms with van der Waals surface area (Å²) in [6, 6.07) is 0. The van der Waals surface area contributed by atoms with Crippen molar-refractivity contribution in [3.63, 3.8) is 0 Å². The molecule has 12 heteroatoms. The standard InChI is InChI=1S/C56H89O11P/c1-4-7-10-13-16-19-22-25-26-29-30-33-36-39-42-45-54(58)63-49-53(67-56(60)47-44-41-38-35-32-28-24-21-18-15-12-9-6-3)51-65-68(61,62)64-50-52(48-57)66-55(59)46-43-40-37-34-31-27-23-20-17-14-11-8-5-2/h7-12,16-21,25-28,30-33,52-53,57H,4-6,13-15,22-24,29,34-51H2,1-3H3,(H,61,62)/b10-7-,11-8-,12-9-,19-16-,20-17-,21-18-,26-25-,31-27-,32-28-,33-30-. The highest BCUT2D eigenvalue weighted by molar-refractivity contribution is 7.47. The van der Waals surface area contributed by atoms with Crippen molar-refractivity contribution in [2.24, 2.45) is 0 Å². The fourth-order valence-electron chi connectivity index (χ4n) is 6.08. The summed E-state index contributed by atoms with van der Waals surface area (Å²) in [5.41, 5.74) is 0. The lowest BCUT2D eigenvalue weighted by Gasteiger charge is -2.21. The lowest BCUT2D eigenvalue weighted by molar-refractivity contribution is -0.161. The van der Waals surface area contributed by atoms with Crippen LogP contribution in [0.25, 0.3) is 0 Å². The van der Waals surface area contributed by atoms with Crippen LogP contribution >= 0.6 is 7.82 Å². The molecule has 3 unspecified atom stereocenters. The first-order valence-corrected chi connectivity index (χ1v) is 26.9. The minimum absolute atomic E-state index is 0.114. The van der Waals surface area contributed by atoms with Gasteiger partial charge in [-0.3, -0.25) is 23.4 Å². The van der Waals surface area contributed by atoms with Gasteiger partial charge >= 0.3 is 25.7 Å². The number of carbonyl (C=O) groups excluding carboxylic acids is 3. The van der Waals surface area contributed by atoms with Gasteiger partial charge in [-0.15, -0.1) is 0 Å². The van der Waals surface area contributed by atoms with Gasteiger partial charge < -0.3 is 24.2 Å². The highest BCUT2D eigenvalue weighted by atomic mass is 31.2. The Labute approximate surface area is 411 Å². The second-order valence-corrected chi connectivity index (χ2v) is 17.6. The van der Waals surface area contributed by atoms with Crippen LogP contribution in [-0.2, 0) is 42.2 Å². The summed E-state index contributed by atoms with van der Waals surface area (Å²) in [5, 5.41) is 9.76. The maximum absolute atomic E-state index is 12.8. The molecule has 0 rings (SSSR count). The molecule has 3 atom stereocenters. The summed E-state index contributed by atoms with van der Waals surface area (Å²) in [6.45, 7) is 4.13. The van der Waals surface area contributed by atoms with Crippen LogP contribution in [0.15, 0.2) is 122 Å². The molecule has 0 saturated carbocycles. The Morgan fingerprint density at radius 1 is 0.412 bits per heavy atom. The molecule has 0 aliphatic rings. The topological polar surface area (TPSA) is 155 Å². The van der Waals surface area contributed by atoms with Crippen molar-refractivity contribution in [3.05, 3.63) is 122 Å². The molecule has 384 valence electrons. The van der Waals surface area contributed by atoms with Crippen molar-refractivity contribution in [1.29, 1.82) is 0 Å². The van der Waals surface area contributed by atoms with E-state index >= 15 is 0 Å². The number of phosphoric ester groups is 1. The molecule has 0 aromatic rings. The van der Waals surface area contributed by atoms with Gasteiger partial charge in [0.05, 0.1) is 19.8 Å². The second-order valence-electron chi connectivity index (χ2n) is 16.2. The van der Waals surface area contributed by atoms with Crippen molar-refractivity contribution < 1.29 is 52.2 Å². The Morgan fingerprint density at radius 3 is 1.10 bits per heavy atom. The lowest BCUT2D eigenvalue weighted by atomic mass is 10.1. The number of ether oxygens (including phenoxy) is 3. The molecule has 2 N–H and O–H groups in total. The SMILES string of the molecule is CC/C=C\C/C=C\C/C=C\C/C=C\CCCCC(=O)OCC(COP(=O)(O)OCC(CO)OC(=O)CCCCC/C=C\C/C=C\C/C=C\CC)OC(=O)CCCCC/C=C\C/C=C\C/C=C\CC. The highest BCUT2D eigenvalue weighted by Gasteiger charge is 2.28. The van der Waals surface area contributed by atoms with E-state index in [2.05, 4.69) is 142 Å². The molecule has 0 fully saturated rings. The minimum atomic E-state index is -4.77. The zero-order valence-electron chi connectivity index (χ0n) is 42.0. The van der Waals surface area contributed by atoms with Crippen LogP contribution < -0.4 is 0 Å². The van der Waals surface area contributed by atoms with Gasteiger partial charge in [-0.25, -0.2) is 4.57 Å². The fourth-order valence-corrected chi connectivity index (χ4v) is 6.86. The Bertz CT molecular complexity index is 1600. The van der Waals surface area contributed by atoms with Crippen molar-refractivity contribution in [1.82, 2.24) is 0 Å². The first-order chi connectivity index (χ1) is 33.2. The van der Waals surface area contributed by atoms with E-state index in [9.17, 15) is 28.9 Å². The predicted octanol–water partition coefficient (Wildman–Crippen LogP) is 14.5. The van der Waals surface area contributed by atoms with Crippen molar-refractivity contribution >= 4 is 25.7 Å². The third-order valence-electron chi connectivity index (χ3n) is 9.86. The molecule has 0 aromatic carbocycles. The smallest absolute Gasteiger partial charge is 0.462 e. The minimum Gasteiger partial charge on any atom is -0.462 e. The van der Waals surface area contributed by atoms with Gasteiger partial charge in [-0.2, -0.15) is 0 Å². The van der Waals surface area contributed by atoms with Crippen molar-refractivity contribution in [2.45, 2.75) is 187 Å². The van der Waals surface area contributed by atoms with Crippen LogP contribution in [0.2, 0.25) is 0 Å². The molecule has 68 heavy (non-hydrogen) atoms. The van der Waals surface area contributed by atoms with E-state index < -0.39 is 57.8 Å². The molecule has 0 radical (unpaired) electrons. The number of carbonyl (C=O) groups is 3. The normalized spacial score (nSPS) is 14.5. The van der Waals surface area contributed by atoms with Gasteiger partial charge in [0.15, 0.2) is 6.10 Å². The average molecular weight is 969 g/mol. The summed E-state index contributed by atoms with van der Waals surface area (Å²) < 4.78 is 39.2. The molecule has 0 bridgehead atoms. The van der Waals surface area contributed by atoms with E-state index in [1.165, 1.54) is 0 Å². The summed E-state index contributed by atoms with van der Waals surface area (Å²) in [7, 11) is -4.77. The summed E-state index contributed by atoms with van der Waals surface area (Å²) in [5.74, 6) is -1.60. The Balaban J connectivity index is 4.89. The molecule has 0 aliphatic heterocycles. The van der Waals surface area contributed by atoms with E-state index in [0.29, 0.717) is 19.3 Å². The fraction of sp³-hybridized carbons (Fsp3) is 0.589. The van der Waals surface area contributed by atoms with Gasteiger partial charge in [0.25, 0.3) is 0 Å². The number of rotatable bonds is 45. The van der Waals surface area contributed by atoms with Crippen LogP contribution in [0.3, 0.4) is 0 Å². The number of phosphoric acid groups is 1. The zero-order chi connectivity index (χ0) is 49.9.